The van der Waals surface area contributed by atoms with Gasteiger partial charge in [-0.25, -0.2) is 4.68 Å². The van der Waals surface area contributed by atoms with E-state index in [4.69, 9.17) is 4.74 Å². The summed E-state index contributed by atoms with van der Waals surface area (Å²) in [6.45, 7) is 9.10. The number of nitrogens with one attached hydrogen (secondary N) is 1. The molecule has 8 heteroatoms. The topological polar surface area (TPSA) is 88.9 Å². The SMILES string of the molecule is CCC(c1nnnn1C(C)(C)C)N(Cc1cc2ccc(OC)cc2[nH]c1=O)C1CCCCC1. The number of rotatable bonds is 7. The summed E-state index contributed by atoms with van der Waals surface area (Å²) >= 11 is 0. The zero-order chi connectivity index (χ0) is 23.6. The highest BCUT2D eigenvalue weighted by atomic mass is 16.5. The Morgan fingerprint density at radius 3 is 2.64 bits per heavy atom. The molecule has 0 spiro atoms. The second-order valence-corrected chi connectivity index (χ2v) is 10.1. The van der Waals surface area contributed by atoms with E-state index in [1.54, 1.807) is 7.11 Å². The number of fused-ring (bicyclic) bond motifs is 1. The molecule has 4 rings (SSSR count). The predicted octanol–water partition coefficient (Wildman–Crippen LogP) is 4.56. The Labute approximate surface area is 195 Å². The minimum absolute atomic E-state index is 0.0355. The van der Waals surface area contributed by atoms with E-state index >= 15 is 0 Å². The van der Waals surface area contributed by atoms with Crippen LogP contribution in [0.25, 0.3) is 10.9 Å². The van der Waals surface area contributed by atoms with Crippen LogP contribution >= 0.6 is 0 Å². The number of nitrogens with zero attached hydrogens (tertiary/aromatic N) is 5. The lowest BCUT2D eigenvalue weighted by atomic mass is 9.92. The maximum absolute atomic E-state index is 13.1. The first-order chi connectivity index (χ1) is 15.8. The van der Waals surface area contributed by atoms with Gasteiger partial charge in [-0.05, 0) is 74.0 Å². The Morgan fingerprint density at radius 1 is 1.21 bits per heavy atom. The number of pyridine rings is 1. The number of methoxy groups -OCH3 is 1. The molecule has 1 saturated carbocycles. The molecule has 0 saturated heterocycles. The van der Waals surface area contributed by atoms with Gasteiger partial charge >= 0.3 is 0 Å². The molecule has 0 radical (unpaired) electrons. The summed E-state index contributed by atoms with van der Waals surface area (Å²) in [4.78, 5) is 18.6. The van der Waals surface area contributed by atoms with Gasteiger partial charge in [0.25, 0.3) is 5.56 Å². The summed E-state index contributed by atoms with van der Waals surface area (Å²) in [6, 6.07) is 8.24. The van der Waals surface area contributed by atoms with Crippen molar-refractivity contribution in [3.8, 4) is 5.75 Å². The molecule has 1 aliphatic carbocycles. The van der Waals surface area contributed by atoms with Crippen molar-refractivity contribution in [1.29, 1.82) is 0 Å². The summed E-state index contributed by atoms with van der Waals surface area (Å²) in [6.07, 6.45) is 6.85. The Balaban J connectivity index is 1.74. The predicted molar refractivity (Wildman–Crippen MR) is 129 cm³/mol. The quantitative estimate of drug-likeness (QED) is 0.565. The Morgan fingerprint density at radius 2 is 1.97 bits per heavy atom. The highest BCUT2D eigenvalue weighted by Crippen LogP contribution is 2.34. The van der Waals surface area contributed by atoms with Crippen molar-refractivity contribution in [3.63, 3.8) is 0 Å². The molecule has 1 fully saturated rings. The first-order valence-electron chi connectivity index (χ1n) is 12.1. The third-order valence-electron chi connectivity index (χ3n) is 6.74. The first-order valence-corrected chi connectivity index (χ1v) is 12.1. The van der Waals surface area contributed by atoms with Crippen LogP contribution in [0.1, 0.15) is 83.6 Å². The van der Waals surface area contributed by atoms with Crippen molar-refractivity contribution in [2.24, 2.45) is 0 Å². The van der Waals surface area contributed by atoms with Gasteiger partial charge in [-0.1, -0.05) is 26.2 Å². The molecule has 0 bridgehead atoms. The molecule has 2 aromatic heterocycles. The number of benzene rings is 1. The molecular weight excluding hydrogens is 416 g/mol. The lowest BCUT2D eigenvalue weighted by Gasteiger charge is -2.39. The van der Waals surface area contributed by atoms with Crippen molar-refractivity contribution >= 4 is 10.9 Å². The molecule has 0 aliphatic heterocycles. The van der Waals surface area contributed by atoms with E-state index in [0.717, 1.165) is 47.3 Å². The highest BCUT2D eigenvalue weighted by molar-refractivity contribution is 5.80. The van der Waals surface area contributed by atoms with E-state index in [9.17, 15) is 4.79 Å². The Bertz CT molecular complexity index is 1140. The minimum atomic E-state index is -0.218. The zero-order valence-electron chi connectivity index (χ0n) is 20.5. The molecule has 0 amide bonds. The fraction of sp³-hybridized carbons (Fsp3) is 0.600. The van der Waals surface area contributed by atoms with Crippen LogP contribution in [0, 0.1) is 0 Å². The average molecular weight is 453 g/mol. The largest absolute Gasteiger partial charge is 0.497 e. The van der Waals surface area contributed by atoms with Crippen molar-refractivity contribution in [2.75, 3.05) is 7.11 Å². The fourth-order valence-corrected chi connectivity index (χ4v) is 5.02. The summed E-state index contributed by atoms with van der Waals surface area (Å²) in [7, 11) is 1.63. The minimum Gasteiger partial charge on any atom is -0.497 e. The summed E-state index contributed by atoms with van der Waals surface area (Å²) in [5, 5.41) is 13.8. The number of ether oxygens (including phenoxy) is 1. The molecule has 1 aromatic carbocycles. The molecule has 8 nitrogen and oxygen atoms in total. The molecule has 1 atom stereocenters. The van der Waals surface area contributed by atoms with Crippen molar-refractivity contribution in [1.82, 2.24) is 30.1 Å². The van der Waals surface area contributed by atoms with Crippen LogP contribution in [0.15, 0.2) is 29.1 Å². The molecule has 1 aliphatic rings. The van der Waals surface area contributed by atoms with Crippen LogP contribution in [0.3, 0.4) is 0 Å². The Kier molecular flexibility index (Phi) is 6.83. The maximum Gasteiger partial charge on any atom is 0.252 e. The molecule has 1 unspecified atom stereocenters. The smallest absolute Gasteiger partial charge is 0.252 e. The molecular formula is C25H36N6O2. The second kappa shape index (κ2) is 9.63. The Hall–Kier alpha value is -2.74. The van der Waals surface area contributed by atoms with Crippen molar-refractivity contribution in [3.05, 3.63) is 46.0 Å². The zero-order valence-corrected chi connectivity index (χ0v) is 20.5. The maximum atomic E-state index is 13.1. The van der Waals surface area contributed by atoms with E-state index in [0.29, 0.717) is 12.6 Å². The van der Waals surface area contributed by atoms with E-state index in [1.165, 1.54) is 19.3 Å². The number of hydrogen-bond donors (Lipinski definition) is 1. The molecule has 178 valence electrons. The van der Waals surface area contributed by atoms with Gasteiger partial charge in [0, 0.05) is 24.2 Å². The third kappa shape index (κ3) is 4.95. The van der Waals surface area contributed by atoms with Gasteiger partial charge in [0.1, 0.15) is 5.75 Å². The molecule has 1 N–H and O–H groups in total. The van der Waals surface area contributed by atoms with E-state index in [1.807, 2.05) is 28.9 Å². The van der Waals surface area contributed by atoms with Gasteiger partial charge in [-0.2, -0.15) is 0 Å². The lowest BCUT2D eigenvalue weighted by Crippen LogP contribution is -2.42. The monoisotopic (exact) mass is 452 g/mol. The van der Waals surface area contributed by atoms with Gasteiger partial charge in [-0.15, -0.1) is 5.10 Å². The van der Waals surface area contributed by atoms with Gasteiger partial charge in [0.15, 0.2) is 5.82 Å². The standard InChI is InChI=1S/C25H36N6O2/c1-6-22(23-27-28-29-31(23)25(2,3)4)30(19-10-8-7-9-11-19)16-18-14-17-12-13-20(33-5)15-21(17)26-24(18)32/h12-15,19,22H,6-11,16H2,1-5H3,(H,26,32). The molecule has 2 heterocycles. The molecule has 3 aromatic rings. The third-order valence-corrected chi connectivity index (χ3v) is 6.74. The number of aromatic nitrogens is 5. The van der Waals surface area contributed by atoms with E-state index in [-0.39, 0.29) is 17.1 Å². The number of aromatic amines is 1. The van der Waals surface area contributed by atoms with Crippen LogP contribution in [-0.2, 0) is 12.1 Å². The number of tetrazole rings is 1. The number of hydrogen-bond acceptors (Lipinski definition) is 6. The summed E-state index contributed by atoms with van der Waals surface area (Å²) in [5.41, 5.74) is 1.29. The van der Waals surface area contributed by atoms with Crippen LogP contribution < -0.4 is 10.3 Å². The number of H-pyrrole nitrogens is 1. The van der Waals surface area contributed by atoms with Crippen LogP contribution in [0.2, 0.25) is 0 Å². The van der Waals surface area contributed by atoms with Gasteiger partial charge in [-0.3, -0.25) is 9.69 Å². The molecule has 33 heavy (non-hydrogen) atoms. The normalized spacial score (nSPS) is 16.4. The van der Waals surface area contributed by atoms with Crippen molar-refractivity contribution in [2.45, 2.75) is 90.4 Å². The van der Waals surface area contributed by atoms with Crippen LogP contribution in [0.4, 0.5) is 0 Å². The van der Waals surface area contributed by atoms with E-state index in [2.05, 4.69) is 53.1 Å². The van der Waals surface area contributed by atoms with E-state index < -0.39 is 0 Å². The van der Waals surface area contributed by atoms with Gasteiger partial charge < -0.3 is 9.72 Å². The summed E-state index contributed by atoms with van der Waals surface area (Å²) in [5.74, 6) is 1.60. The van der Waals surface area contributed by atoms with Crippen LogP contribution in [-0.4, -0.2) is 43.2 Å². The van der Waals surface area contributed by atoms with Gasteiger partial charge in [0.05, 0.1) is 24.2 Å². The van der Waals surface area contributed by atoms with Crippen molar-refractivity contribution < 1.29 is 4.74 Å². The second-order valence-electron chi connectivity index (χ2n) is 10.1. The lowest BCUT2D eigenvalue weighted by molar-refractivity contribution is 0.0810. The average Bonchev–Trinajstić information content (AvgIpc) is 3.30. The van der Waals surface area contributed by atoms with Gasteiger partial charge in [0.2, 0.25) is 0 Å². The fourth-order valence-electron chi connectivity index (χ4n) is 5.02. The van der Waals surface area contributed by atoms with Crippen LogP contribution in [0.5, 0.6) is 5.75 Å². The highest BCUT2D eigenvalue weighted by Gasteiger charge is 2.33. The first kappa shape index (κ1) is 23.4. The summed E-state index contributed by atoms with van der Waals surface area (Å²) < 4.78 is 7.25.